The Morgan fingerprint density at radius 3 is 2.59 bits per heavy atom. The van der Waals surface area contributed by atoms with Gasteiger partial charge in [0.2, 0.25) is 0 Å². The summed E-state index contributed by atoms with van der Waals surface area (Å²) in [7, 11) is -4.35. The molecular weight excluding hydrogens is 405 g/mol. The first-order valence-electron chi connectivity index (χ1n) is 9.57. The maximum absolute atomic E-state index is 13.1. The molecule has 0 fully saturated rings. The van der Waals surface area contributed by atoms with Gasteiger partial charge in [-0.25, -0.2) is 0 Å². The van der Waals surface area contributed by atoms with Crippen molar-refractivity contribution < 1.29 is 19.1 Å². The van der Waals surface area contributed by atoms with E-state index in [2.05, 4.69) is 29.4 Å². The highest BCUT2D eigenvalue weighted by molar-refractivity contribution is 8.06. The first kappa shape index (κ1) is 20.2. The molecule has 2 aromatic carbocycles. The van der Waals surface area contributed by atoms with E-state index in [4.69, 9.17) is 0 Å². The van der Waals surface area contributed by atoms with Gasteiger partial charge in [-0.2, -0.15) is 0 Å². The molecule has 2 aliphatic rings. The van der Waals surface area contributed by atoms with Crippen LogP contribution in [-0.2, 0) is 11.0 Å². The first-order valence-corrected chi connectivity index (χ1v) is 12.1. The minimum absolute atomic E-state index is 0.0414. The zero-order valence-corrected chi connectivity index (χ0v) is 17.7. The molecule has 0 bridgehead atoms. The fourth-order valence-electron chi connectivity index (χ4n) is 3.69. The van der Waals surface area contributed by atoms with E-state index in [0.717, 1.165) is 35.7 Å². The highest BCUT2D eigenvalue weighted by atomic mass is 32.2. The second-order valence-corrected chi connectivity index (χ2v) is 9.63. The second-order valence-electron chi connectivity index (χ2n) is 7.17. The molecule has 0 spiro atoms. The molecule has 4 rings (SSSR count). The lowest BCUT2D eigenvalue weighted by molar-refractivity contribution is 0.103. The molecule has 0 saturated carbocycles. The van der Waals surface area contributed by atoms with E-state index in [1.54, 1.807) is 17.8 Å². The molecular formula is C22H22NO4PS. The Balaban J connectivity index is 1.72. The summed E-state index contributed by atoms with van der Waals surface area (Å²) in [6.07, 6.45) is 2.44. The Kier molecular flexibility index (Phi) is 5.54. The fourth-order valence-corrected chi connectivity index (χ4v) is 5.39. The lowest BCUT2D eigenvalue weighted by Gasteiger charge is -2.25. The van der Waals surface area contributed by atoms with Crippen LogP contribution in [0, 0.1) is 0 Å². The van der Waals surface area contributed by atoms with Crippen LogP contribution < -0.4 is 5.30 Å². The SMILES string of the molecule is CCCCN1C(c2ccccc2)=CSC1=C1Cc2cc(P(=O)(O)O)ccc2C1=O. The largest absolute Gasteiger partial charge is 0.356 e. The van der Waals surface area contributed by atoms with E-state index < -0.39 is 7.60 Å². The van der Waals surface area contributed by atoms with Crippen molar-refractivity contribution in [2.24, 2.45) is 0 Å². The van der Waals surface area contributed by atoms with Crippen LogP contribution in [0.2, 0.25) is 0 Å². The van der Waals surface area contributed by atoms with Crippen LogP contribution in [0.1, 0.15) is 41.3 Å². The summed E-state index contributed by atoms with van der Waals surface area (Å²) < 4.78 is 11.6. The molecule has 0 radical (unpaired) electrons. The van der Waals surface area contributed by atoms with E-state index >= 15 is 0 Å². The number of allylic oxidation sites excluding steroid dienone is 1. The number of thioether (sulfide) groups is 1. The van der Waals surface area contributed by atoms with Gasteiger partial charge < -0.3 is 14.7 Å². The molecule has 1 aliphatic carbocycles. The van der Waals surface area contributed by atoms with Crippen LogP contribution in [0.4, 0.5) is 0 Å². The molecule has 0 atom stereocenters. The molecule has 0 amide bonds. The zero-order chi connectivity index (χ0) is 20.6. The molecule has 2 N–H and O–H groups in total. The first-order chi connectivity index (χ1) is 13.9. The fraction of sp³-hybridized carbons (Fsp3) is 0.227. The molecule has 0 saturated heterocycles. The minimum atomic E-state index is -4.35. The smallest absolute Gasteiger partial charge is 0.335 e. The lowest BCUT2D eigenvalue weighted by atomic mass is 10.1. The summed E-state index contributed by atoms with van der Waals surface area (Å²) in [5.74, 6) is -0.0519. The summed E-state index contributed by atoms with van der Waals surface area (Å²) in [5, 5.41) is 2.97. The Labute approximate surface area is 174 Å². The Hall–Kier alpha value is -2.11. The van der Waals surface area contributed by atoms with Gasteiger partial charge in [0.05, 0.1) is 16.0 Å². The summed E-state index contributed by atoms with van der Waals surface area (Å²) in [5.41, 5.74) is 4.12. The van der Waals surface area contributed by atoms with Gasteiger partial charge in [-0.15, -0.1) is 0 Å². The molecule has 1 heterocycles. The Morgan fingerprint density at radius 1 is 1.14 bits per heavy atom. The van der Waals surface area contributed by atoms with Crippen LogP contribution in [-0.4, -0.2) is 27.0 Å². The van der Waals surface area contributed by atoms with E-state index in [1.165, 1.54) is 12.1 Å². The number of rotatable bonds is 5. The highest BCUT2D eigenvalue weighted by Crippen LogP contribution is 2.44. The molecule has 1 aliphatic heterocycles. The summed E-state index contributed by atoms with van der Waals surface area (Å²) in [4.78, 5) is 34.2. The molecule has 7 heteroatoms. The van der Waals surface area contributed by atoms with Crippen molar-refractivity contribution in [3.8, 4) is 0 Å². The van der Waals surface area contributed by atoms with Crippen molar-refractivity contribution >= 4 is 36.1 Å². The van der Waals surface area contributed by atoms with Crippen molar-refractivity contribution in [3.63, 3.8) is 0 Å². The van der Waals surface area contributed by atoms with Crippen LogP contribution in [0.15, 0.2) is 64.5 Å². The van der Waals surface area contributed by atoms with Crippen molar-refractivity contribution in [1.82, 2.24) is 4.90 Å². The maximum Gasteiger partial charge on any atom is 0.356 e. The summed E-state index contributed by atoms with van der Waals surface area (Å²) >= 11 is 1.55. The van der Waals surface area contributed by atoms with Crippen molar-refractivity contribution in [3.05, 3.63) is 81.2 Å². The van der Waals surface area contributed by atoms with Crippen LogP contribution in [0.3, 0.4) is 0 Å². The molecule has 2 aromatic rings. The third-order valence-corrected chi connectivity index (χ3v) is 7.17. The normalized spacial score (nSPS) is 18.9. The van der Waals surface area contributed by atoms with E-state index in [1.807, 2.05) is 18.2 Å². The van der Waals surface area contributed by atoms with E-state index in [-0.39, 0.29) is 11.1 Å². The number of Topliss-reactive ketones (excluding diaryl/α,β-unsaturated/α-hetero) is 1. The van der Waals surface area contributed by atoms with Crippen LogP contribution in [0.25, 0.3) is 5.70 Å². The van der Waals surface area contributed by atoms with E-state index in [9.17, 15) is 19.1 Å². The number of carbonyl (C=O) groups is 1. The maximum atomic E-state index is 13.1. The van der Waals surface area contributed by atoms with Gasteiger partial charge in [-0.1, -0.05) is 55.4 Å². The van der Waals surface area contributed by atoms with Crippen LogP contribution in [0.5, 0.6) is 0 Å². The zero-order valence-electron chi connectivity index (χ0n) is 16.0. The van der Waals surface area contributed by atoms with Crippen molar-refractivity contribution in [1.29, 1.82) is 0 Å². The van der Waals surface area contributed by atoms with Gasteiger partial charge in [0.25, 0.3) is 0 Å². The lowest BCUT2D eigenvalue weighted by Crippen LogP contribution is -2.20. The Bertz CT molecular complexity index is 1070. The van der Waals surface area contributed by atoms with Crippen molar-refractivity contribution in [2.75, 3.05) is 6.54 Å². The molecule has 29 heavy (non-hydrogen) atoms. The monoisotopic (exact) mass is 427 g/mol. The topological polar surface area (TPSA) is 77.8 Å². The average Bonchev–Trinajstić information content (AvgIpc) is 3.27. The summed E-state index contributed by atoms with van der Waals surface area (Å²) in [6, 6.07) is 14.5. The predicted molar refractivity (Wildman–Crippen MR) is 117 cm³/mol. The van der Waals surface area contributed by atoms with Gasteiger partial charge in [0.1, 0.15) is 0 Å². The number of nitrogens with zero attached hydrogens (tertiary/aromatic N) is 1. The van der Waals surface area contributed by atoms with Crippen LogP contribution >= 0.6 is 19.4 Å². The quantitative estimate of drug-likeness (QED) is 0.548. The average molecular weight is 427 g/mol. The minimum Gasteiger partial charge on any atom is -0.335 e. The number of hydrogen-bond acceptors (Lipinski definition) is 4. The van der Waals surface area contributed by atoms with Crippen molar-refractivity contribution in [2.45, 2.75) is 26.2 Å². The number of benzene rings is 2. The Morgan fingerprint density at radius 2 is 1.90 bits per heavy atom. The third-order valence-electron chi connectivity index (χ3n) is 5.19. The molecule has 5 nitrogen and oxygen atoms in total. The highest BCUT2D eigenvalue weighted by Gasteiger charge is 2.34. The molecule has 150 valence electrons. The van der Waals surface area contributed by atoms with Gasteiger partial charge >= 0.3 is 7.60 Å². The van der Waals surface area contributed by atoms with Gasteiger partial charge in [0.15, 0.2) is 5.78 Å². The second kappa shape index (κ2) is 7.96. The number of ketones is 1. The van der Waals surface area contributed by atoms with Gasteiger partial charge in [-0.3, -0.25) is 9.36 Å². The number of carbonyl (C=O) groups excluding carboxylic acids is 1. The predicted octanol–water partition coefficient (Wildman–Crippen LogP) is 4.29. The van der Waals surface area contributed by atoms with E-state index in [0.29, 0.717) is 23.1 Å². The summed E-state index contributed by atoms with van der Waals surface area (Å²) in [6.45, 7) is 2.96. The number of hydrogen-bond donors (Lipinski definition) is 2. The van der Waals surface area contributed by atoms with Gasteiger partial charge in [-0.05, 0) is 35.7 Å². The molecule has 0 unspecified atom stereocenters. The third kappa shape index (κ3) is 3.86. The molecule has 0 aromatic heterocycles. The number of fused-ring (bicyclic) bond motifs is 1. The van der Waals surface area contributed by atoms with Gasteiger partial charge in [0, 0.05) is 29.5 Å². The number of unbranched alkanes of at least 4 members (excludes halogenated alkanes) is 1. The standard InChI is InChI=1S/C22H22NO4PS/c1-2-3-11-23-20(15-7-5-4-6-8-15)14-29-22(23)19-13-16-12-17(28(25,26)27)9-10-18(16)21(19)24/h4-10,12,14H,2-3,11,13H2,1H3,(H2,25,26,27).